The van der Waals surface area contributed by atoms with E-state index in [-0.39, 0.29) is 11.3 Å². The summed E-state index contributed by atoms with van der Waals surface area (Å²) in [4.78, 5) is 34.0. The lowest BCUT2D eigenvalue weighted by atomic mass is 9.98. The van der Waals surface area contributed by atoms with Crippen LogP contribution in [0.5, 0.6) is 0 Å². The molecule has 1 atom stereocenters. The summed E-state index contributed by atoms with van der Waals surface area (Å²) < 4.78 is 0. The number of benzene rings is 1. The van der Waals surface area contributed by atoms with E-state index in [0.29, 0.717) is 22.8 Å². The topological polar surface area (TPSA) is 73.7 Å². The van der Waals surface area contributed by atoms with E-state index in [1.165, 1.54) is 4.90 Å². The summed E-state index contributed by atoms with van der Waals surface area (Å²) in [7, 11) is 0. The van der Waals surface area contributed by atoms with Crippen LogP contribution in [0.3, 0.4) is 0 Å². The second-order valence-electron chi connectivity index (χ2n) is 7.13. The Labute approximate surface area is 181 Å². The van der Waals surface area contributed by atoms with Gasteiger partial charge in [-0.25, -0.2) is 0 Å². The zero-order valence-electron chi connectivity index (χ0n) is 17.2. The van der Waals surface area contributed by atoms with E-state index in [4.69, 9.17) is 11.6 Å². The van der Waals surface area contributed by atoms with Crippen LogP contribution < -0.4 is 0 Å². The number of carbonyl (C=O) groups excluding carboxylic acids is 2. The van der Waals surface area contributed by atoms with E-state index in [1.807, 2.05) is 0 Å². The fraction of sp³-hybridized carbons (Fsp3) is 0.348. The lowest BCUT2D eigenvalue weighted by Gasteiger charge is -2.26. The van der Waals surface area contributed by atoms with Crippen molar-refractivity contribution in [2.45, 2.75) is 26.3 Å². The maximum absolute atomic E-state index is 12.9. The molecule has 0 radical (unpaired) electrons. The molecule has 1 aromatic carbocycles. The van der Waals surface area contributed by atoms with Crippen molar-refractivity contribution in [3.63, 3.8) is 0 Å². The quantitative estimate of drug-likeness (QED) is 0.393. The van der Waals surface area contributed by atoms with Gasteiger partial charge in [-0.3, -0.25) is 14.6 Å². The average Bonchev–Trinajstić information content (AvgIpc) is 3.02. The third kappa shape index (κ3) is 4.55. The van der Waals surface area contributed by atoms with Crippen LogP contribution in [0.2, 0.25) is 5.02 Å². The molecule has 3 rings (SSSR count). The molecule has 0 unspecified atom stereocenters. The van der Waals surface area contributed by atoms with Gasteiger partial charge in [-0.1, -0.05) is 31.5 Å². The maximum atomic E-state index is 12.9. The van der Waals surface area contributed by atoms with Crippen molar-refractivity contribution in [2.24, 2.45) is 0 Å². The minimum atomic E-state index is -0.724. The Kier molecular flexibility index (Phi) is 7.24. The molecule has 0 saturated carbocycles. The van der Waals surface area contributed by atoms with Crippen LogP contribution in [-0.2, 0) is 9.59 Å². The molecule has 1 aliphatic heterocycles. The van der Waals surface area contributed by atoms with Crippen LogP contribution in [0, 0.1) is 0 Å². The van der Waals surface area contributed by atoms with Gasteiger partial charge in [0.2, 0.25) is 0 Å². The number of pyridine rings is 1. The number of ketones is 1. The summed E-state index contributed by atoms with van der Waals surface area (Å²) in [6, 6.07) is 11.1. The SMILES string of the molecule is CCN(CC)CCCN1C(=O)C(=O)/C(=C(/O)c2ccc(Cl)cc2)[C@H]1c1ccccn1. The molecule has 0 bridgehead atoms. The third-order valence-electron chi connectivity index (χ3n) is 5.39. The van der Waals surface area contributed by atoms with Gasteiger partial charge in [0, 0.05) is 23.3 Å². The fourth-order valence-corrected chi connectivity index (χ4v) is 3.85. The summed E-state index contributed by atoms with van der Waals surface area (Å²) >= 11 is 5.94. The summed E-state index contributed by atoms with van der Waals surface area (Å²) in [5.41, 5.74) is 1.04. The molecule has 158 valence electrons. The first-order valence-electron chi connectivity index (χ1n) is 10.2. The smallest absolute Gasteiger partial charge is 0.295 e. The Hall–Kier alpha value is -2.70. The van der Waals surface area contributed by atoms with E-state index < -0.39 is 17.7 Å². The normalized spacial score (nSPS) is 18.4. The summed E-state index contributed by atoms with van der Waals surface area (Å²) in [5.74, 6) is -1.52. The van der Waals surface area contributed by atoms with Crippen LogP contribution in [0.15, 0.2) is 54.2 Å². The first kappa shape index (κ1) is 22.0. The molecule has 1 saturated heterocycles. The van der Waals surface area contributed by atoms with Crippen molar-refractivity contribution < 1.29 is 14.7 Å². The Morgan fingerprint density at radius 3 is 2.43 bits per heavy atom. The molecule has 6 nitrogen and oxygen atoms in total. The molecule has 7 heteroatoms. The Bertz CT molecular complexity index is 924. The second-order valence-corrected chi connectivity index (χ2v) is 7.57. The number of likely N-dealkylation sites (tertiary alicyclic amines) is 1. The van der Waals surface area contributed by atoms with Crippen molar-refractivity contribution in [1.82, 2.24) is 14.8 Å². The second kappa shape index (κ2) is 9.87. The van der Waals surface area contributed by atoms with Gasteiger partial charge in [0.05, 0.1) is 11.3 Å². The number of hydrogen-bond donors (Lipinski definition) is 1. The van der Waals surface area contributed by atoms with Crippen molar-refractivity contribution >= 4 is 29.1 Å². The predicted octanol–water partition coefficient (Wildman–Crippen LogP) is 3.89. The Morgan fingerprint density at radius 2 is 1.83 bits per heavy atom. The molecule has 1 aliphatic rings. The molecule has 2 aromatic rings. The predicted molar refractivity (Wildman–Crippen MR) is 117 cm³/mol. The van der Waals surface area contributed by atoms with Gasteiger partial charge in [-0.2, -0.15) is 0 Å². The number of rotatable bonds is 8. The minimum absolute atomic E-state index is 0.0591. The molecule has 1 amide bonds. The van der Waals surface area contributed by atoms with Gasteiger partial charge in [0.25, 0.3) is 11.7 Å². The van der Waals surface area contributed by atoms with Crippen molar-refractivity contribution in [2.75, 3.05) is 26.2 Å². The van der Waals surface area contributed by atoms with Crippen molar-refractivity contribution in [1.29, 1.82) is 0 Å². The number of amides is 1. The van der Waals surface area contributed by atoms with E-state index in [9.17, 15) is 14.7 Å². The van der Waals surface area contributed by atoms with E-state index in [1.54, 1.807) is 48.7 Å². The number of aliphatic hydroxyl groups excluding tert-OH is 1. The van der Waals surface area contributed by atoms with E-state index in [0.717, 1.165) is 26.1 Å². The molecular weight excluding hydrogens is 402 g/mol. The molecule has 1 N–H and O–H groups in total. The molecule has 1 aromatic heterocycles. The number of hydrogen-bond acceptors (Lipinski definition) is 5. The van der Waals surface area contributed by atoms with E-state index >= 15 is 0 Å². The van der Waals surface area contributed by atoms with Gasteiger partial charge >= 0.3 is 0 Å². The first-order chi connectivity index (χ1) is 14.5. The lowest BCUT2D eigenvalue weighted by molar-refractivity contribution is -0.140. The summed E-state index contributed by atoms with van der Waals surface area (Å²) in [6.45, 7) is 7.26. The average molecular weight is 428 g/mol. The number of nitrogens with zero attached hydrogens (tertiary/aromatic N) is 3. The largest absolute Gasteiger partial charge is 0.507 e. The fourth-order valence-electron chi connectivity index (χ4n) is 3.72. The number of aromatic nitrogens is 1. The van der Waals surface area contributed by atoms with Gasteiger partial charge in [0.1, 0.15) is 11.8 Å². The van der Waals surface area contributed by atoms with Gasteiger partial charge in [-0.05, 0) is 62.5 Å². The van der Waals surface area contributed by atoms with Crippen LogP contribution in [0.4, 0.5) is 0 Å². The standard InChI is InChI=1S/C23H26ClN3O3/c1-3-26(4-2)14-7-15-27-20(18-8-5-6-13-25-18)19(22(29)23(27)30)21(28)16-9-11-17(24)12-10-16/h5-6,8-13,20,28H,3-4,7,14-15H2,1-2H3/b21-19+/t20-/m1/s1. The van der Waals surface area contributed by atoms with Gasteiger partial charge in [-0.15, -0.1) is 0 Å². The number of halogens is 1. The molecule has 1 fully saturated rings. The highest BCUT2D eigenvalue weighted by atomic mass is 35.5. The van der Waals surface area contributed by atoms with Crippen molar-refractivity contribution in [3.8, 4) is 0 Å². The van der Waals surface area contributed by atoms with Crippen LogP contribution in [-0.4, -0.2) is 57.8 Å². The van der Waals surface area contributed by atoms with Crippen LogP contribution >= 0.6 is 11.6 Å². The first-order valence-corrected chi connectivity index (χ1v) is 10.5. The highest BCUT2D eigenvalue weighted by Gasteiger charge is 2.46. The minimum Gasteiger partial charge on any atom is -0.507 e. The van der Waals surface area contributed by atoms with Crippen molar-refractivity contribution in [3.05, 3.63) is 70.5 Å². The highest BCUT2D eigenvalue weighted by molar-refractivity contribution is 6.46. The third-order valence-corrected chi connectivity index (χ3v) is 5.65. The molecule has 2 heterocycles. The highest BCUT2D eigenvalue weighted by Crippen LogP contribution is 2.38. The summed E-state index contributed by atoms with van der Waals surface area (Å²) in [6.07, 6.45) is 2.34. The monoisotopic (exact) mass is 427 g/mol. The van der Waals surface area contributed by atoms with E-state index in [2.05, 4.69) is 23.7 Å². The molecular formula is C23H26ClN3O3. The maximum Gasteiger partial charge on any atom is 0.295 e. The zero-order valence-corrected chi connectivity index (χ0v) is 18.0. The lowest BCUT2D eigenvalue weighted by Crippen LogP contribution is -2.33. The Balaban J connectivity index is 1.99. The number of Topliss-reactive ketones (excluding diaryl/α,β-unsaturated/α-hetero) is 1. The van der Waals surface area contributed by atoms with Crippen LogP contribution in [0.1, 0.15) is 37.6 Å². The Morgan fingerprint density at radius 1 is 1.13 bits per heavy atom. The summed E-state index contributed by atoms with van der Waals surface area (Å²) in [5, 5.41) is 11.5. The van der Waals surface area contributed by atoms with Crippen LogP contribution in [0.25, 0.3) is 5.76 Å². The van der Waals surface area contributed by atoms with Gasteiger partial charge < -0.3 is 14.9 Å². The molecule has 0 spiro atoms. The molecule has 0 aliphatic carbocycles. The number of carbonyl (C=O) groups is 2. The van der Waals surface area contributed by atoms with Gasteiger partial charge in [0.15, 0.2) is 0 Å². The number of aliphatic hydroxyl groups is 1. The molecule has 30 heavy (non-hydrogen) atoms. The zero-order chi connectivity index (χ0) is 21.7.